The second-order valence-corrected chi connectivity index (χ2v) is 6.30. The Balaban J connectivity index is 2.04. The van der Waals surface area contributed by atoms with Crippen molar-refractivity contribution in [3.8, 4) is 5.75 Å². The van der Waals surface area contributed by atoms with Crippen molar-refractivity contribution in [1.82, 2.24) is 5.32 Å². The first-order valence-corrected chi connectivity index (χ1v) is 8.35. The molecule has 0 unspecified atom stereocenters. The van der Waals surface area contributed by atoms with E-state index in [1.165, 1.54) is 5.56 Å². The van der Waals surface area contributed by atoms with Gasteiger partial charge in [0.05, 0.1) is 5.69 Å². The summed E-state index contributed by atoms with van der Waals surface area (Å²) in [5, 5.41) is 15.6. The summed E-state index contributed by atoms with van der Waals surface area (Å²) in [7, 11) is 0. The Morgan fingerprint density at radius 3 is 2.42 bits per heavy atom. The van der Waals surface area contributed by atoms with E-state index < -0.39 is 0 Å². The lowest BCUT2D eigenvalue weighted by atomic mass is 10.0. The molecule has 5 heteroatoms. The first kappa shape index (κ1) is 17.9. The molecule has 0 aliphatic rings. The van der Waals surface area contributed by atoms with Crippen LogP contribution in [-0.2, 0) is 6.42 Å². The van der Waals surface area contributed by atoms with Crippen molar-refractivity contribution in [3.63, 3.8) is 0 Å². The zero-order valence-electron chi connectivity index (χ0n) is 14.1. The molecule has 1 amide bonds. The highest BCUT2D eigenvalue weighted by atomic mass is 32.1. The second-order valence-electron chi connectivity index (χ2n) is 5.89. The molecule has 2 aromatic carbocycles. The van der Waals surface area contributed by atoms with E-state index in [1.807, 2.05) is 24.3 Å². The van der Waals surface area contributed by atoms with Gasteiger partial charge in [0.2, 0.25) is 0 Å². The number of phenols is 1. The summed E-state index contributed by atoms with van der Waals surface area (Å²) in [5.74, 6) is 0.129. The van der Waals surface area contributed by atoms with Crippen molar-refractivity contribution < 1.29 is 9.90 Å². The molecule has 4 nitrogen and oxygen atoms in total. The number of carbonyl (C=O) groups is 1. The van der Waals surface area contributed by atoms with Crippen molar-refractivity contribution in [2.24, 2.45) is 0 Å². The van der Waals surface area contributed by atoms with Gasteiger partial charge in [0.1, 0.15) is 5.75 Å². The fourth-order valence-electron chi connectivity index (χ4n) is 2.23. The topological polar surface area (TPSA) is 61.4 Å². The molecule has 0 fully saturated rings. The average molecular weight is 342 g/mol. The molecular weight excluding hydrogens is 320 g/mol. The van der Waals surface area contributed by atoms with Gasteiger partial charge in [-0.3, -0.25) is 10.1 Å². The number of rotatable bonds is 4. The van der Waals surface area contributed by atoms with Gasteiger partial charge in [-0.15, -0.1) is 0 Å². The number of aromatic hydroxyl groups is 1. The Bertz CT molecular complexity index is 740. The zero-order valence-corrected chi connectivity index (χ0v) is 14.9. The Hall–Kier alpha value is -2.40. The number of carbonyl (C=O) groups excluding carboxylic acids is 1. The molecule has 0 spiro atoms. The lowest BCUT2D eigenvalue weighted by molar-refractivity contribution is 0.0977. The first-order valence-electron chi connectivity index (χ1n) is 7.95. The summed E-state index contributed by atoms with van der Waals surface area (Å²) in [6.07, 6.45) is 0.924. The summed E-state index contributed by atoms with van der Waals surface area (Å²) < 4.78 is 0. The molecule has 0 aromatic heterocycles. The van der Waals surface area contributed by atoms with E-state index in [9.17, 15) is 9.90 Å². The number of phenolic OH excluding ortho intramolecular Hbond substituents is 1. The van der Waals surface area contributed by atoms with Crippen LogP contribution in [0.3, 0.4) is 0 Å². The van der Waals surface area contributed by atoms with Gasteiger partial charge in [0.25, 0.3) is 5.91 Å². The van der Waals surface area contributed by atoms with E-state index in [-0.39, 0.29) is 16.8 Å². The zero-order chi connectivity index (χ0) is 17.7. The van der Waals surface area contributed by atoms with Gasteiger partial charge in [-0.2, -0.15) is 0 Å². The molecular formula is C19H22N2O2S. The van der Waals surface area contributed by atoms with Crippen LogP contribution in [0.1, 0.15) is 48.2 Å². The van der Waals surface area contributed by atoms with E-state index in [1.54, 1.807) is 18.2 Å². The van der Waals surface area contributed by atoms with Crippen LogP contribution in [0.2, 0.25) is 0 Å². The normalized spacial score (nSPS) is 10.5. The molecule has 3 N–H and O–H groups in total. The van der Waals surface area contributed by atoms with Gasteiger partial charge in [-0.25, -0.2) is 0 Å². The minimum Gasteiger partial charge on any atom is -0.506 e. The third-order valence-electron chi connectivity index (χ3n) is 3.79. The highest BCUT2D eigenvalue weighted by Gasteiger charge is 2.11. The molecule has 0 heterocycles. The Morgan fingerprint density at radius 2 is 1.83 bits per heavy atom. The maximum absolute atomic E-state index is 12.2. The summed E-state index contributed by atoms with van der Waals surface area (Å²) in [4.78, 5) is 12.2. The maximum atomic E-state index is 12.2. The largest absolute Gasteiger partial charge is 0.506 e. The minimum absolute atomic E-state index is 0.0864. The van der Waals surface area contributed by atoms with Crippen LogP contribution in [0, 0.1) is 0 Å². The molecule has 2 rings (SSSR count). The lowest BCUT2D eigenvalue weighted by Crippen LogP contribution is -2.34. The van der Waals surface area contributed by atoms with E-state index in [0.29, 0.717) is 17.2 Å². The smallest absolute Gasteiger partial charge is 0.257 e. The van der Waals surface area contributed by atoms with Gasteiger partial charge < -0.3 is 10.4 Å². The Kier molecular flexibility index (Phi) is 5.93. The number of benzene rings is 2. The SMILES string of the molecule is CCc1ccc(C(=O)NC(=S)Nc2cc(C(C)C)ccc2O)cc1. The second kappa shape index (κ2) is 7.93. The number of aryl methyl sites for hydroxylation is 1. The van der Waals surface area contributed by atoms with Gasteiger partial charge in [-0.05, 0) is 59.9 Å². The van der Waals surface area contributed by atoms with Gasteiger partial charge in [-0.1, -0.05) is 39.0 Å². The van der Waals surface area contributed by atoms with Crippen LogP contribution in [0.5, 0.6) is 5.75 Å². The van der Waals surface area contributed by atoms with E-state index in [2.05, 4.69) is 31.4 Å². The van der Waals surface area contributed by atoms with Crippen molar-refractivity contribution in [3.05, 3.63) is 59.2 Å². The molecule has 0 saturated heterocycles. The van der Waals surface area contributed by atoms with Crippen LogP contribution >= 0.6 is 12.2 Å². The van der Waals surface area contributed by atoms with Crippen molar-refractivity contribution in [2.45, 2.75) is 33.1 Å². The highest BCUT2D eigenvalue weighted by Crippen LogP contribution is 2.27. The number of amides is 1. The number of anilines is 1. The Morgan fingerprint density at radius 1 is 1.17 bits per heavy atom. The highest BCUT2D eigenvalue weighted by molar-refractivity contribution is 7.80. The van der Waals surface area contributed by atoms with Crippen LogP contribution in [0.4, 0.5) is 5.69 Å². The molecule has 0 saturated carbocycles. The standard InChI is InChI=1S/C19H22N2O2S/c1-4-13-5-7-14(8-6-13)18(23)21-19(24)20-16-11-15(12(2)3)9-10-17(16)22/h5-12,22H,4H2,1-3H3,(H2,20,21,23,24). The predicted molar refractivity (Wildman–Crippen MR) is 102 cm³/mol. The number of nitrogens with one attached hydrogen (secondary N) is 2. The third kappa shape index (κ3) is 4.55. The lowest BCUT2D eigenvalue weighted by Gasteiger charge is -2.13. The van der Waals surface area contributed by atoms with E-state index in [0.717, 1.165) is 12.0 Å². The van der Waals surface area contributed by atoms with Gasteiger partial charge in [0.15, 0.2) is 5.11 Å². The fourth-order valence-corrected chi connectivity index (χ4v) is 2.44. The molecule has 2 aromatic rings. The summed E-state index contributed by atoms with van der Waals surface area (Å²) in [6.45, 7) is 6.19. The molecule has 0 bridgehead atoms. The van der Waals surface area contributed by atoms with Crippen LogP contribution < -0.4 is 10.6 Å². The summed E-state index contributed by atoms with van der Waals surface area (Å²) in [6, 6.07) is 12.7. The summed E-state index contributed by atoms with van der Waals surface area (Å²) in [5.41, 5.74) is 3.26. The van der Waals surface area contributed by atoms with Gasteiger partial charge >= 0.3 is 0 Å². The molecule has 0 aliphatic carbocycles. The predicted octanol–water partition coefficient (Wildman–Crippen LogP) is 4.20. The third-order valence-corrected chi connectivity index (χ3v) is 3.99. The Labute approximate surface area is 147 Å². The monoisotopic (exact) mass is 342 g/mol. The molecule has 0 atom stereocenters. The quantitative estimate of drug-likeness (QED) is 0.575. The van der Waals surface area contributed by atoms with Crippen LogP contribution in [0.25, 0.3) is 0 Å². The molecule has 24 heavy (non-hydrogen) atoms. The minimum atomic E-state index is -0.283. The van der Waals surface area contributed by atoms with Crippen molar-refractivity contribution in [2.75, 3.05) is 5.32 Å². The maximum Gasteiger partial charge on any atom is 0.257 e. The van der Waals surface area contributed by atoms with E-state index >= 15 is 0 Å². The number of hydrogen-bond acceptors (Lipinski definition) is 3. The van der Waals surface area contributed by atoms with Crippen LogP contribution in [0.15, 0.2) is 42.5 Å². The first-order chi connectivity index (χ1) is 11.4. The van der Waals surface area contributed by atoms with E-state index in [4.69, 9.17) is 12.2 Å². The van der Waals surface area contributed by atoms with Crippen LogP contribution in [-0.4, -0.2) is 16.1 Å². The van der Waals surface area contributed by atoms with Crippen molar-refractivity contribution >= 4 is 28.9 Å². The average Bonchev–Trinajstić information content (AvgIpc) is 2.56. The molecule has 0 aliphatic heterocycles. The van der Waals surface area contributed by atoms with Crippen molar-refractivity contribution in [1.29, 1.82) is 0 Å². The molecule has 0 radical (unpaired) electrons. The van der Waals surface area contributed by atoms with Gasteiger partial charge in [0, 0.05) is 5.56 Å². The molecule has 126 valence electrons. The number of thiocarbonyl (C=S) groups is 1. The fraction of sp³-hybridized carbons (Fsp3) is 0.263. The summed E-state index contributed by atoms with van der Waals surface area (Å²) >= 11 is 5.18. The number of hydrogen-bond donors (Lipinski definition) is 3.